The van der Waals surface area contributed by atoms with E-state index in [1.54, 1.807) is 0 Å². The van der Waals surface area contributed by atoms with Crippen LogP contribution < -0.4 is 9.47 Å². The molecule has 0 radical (unpaired) electrons. The second-order valence-corrected chi connectivity index (χ2v) is 7.78. The fraction of sp³-hybridized carbons (Fsp3) is 0.125. The highest BCUT2D eigenvalue weighted by Gasteiger charge is 2.43. The smallest absolute Gasteiger partial charge is 0.335 e. The number of hydrogen-bond acceptors (Lipinski definition) is 17. The van der Waals surface area contributed by atoms with E-state index in [2.05, 4.69) is 10.2 Å². The van der Waals surface area contributed by atoms with Gasteiger partial charge in [0.15, 0.2) is 21.1 Å². The van der Waals surface area contributed by atoms with Crippen molar-refractivity contribution in [2.24, 2.45) is 0 Å². The van der Waals surface area contributed by atoms with E-state index in [1.165, 1.54) is 0 Å². The van der Waals surface area contributed by atoms with E-state index in [4.69, 9.17) is 9.47 Å². The standard InChI is InChI=1S/C16H8N8O14S/c1-37-13-7(21(29)30)3-5(19(25)26)9(11(13)23(33)34)15-17-18-16(39-15)10-6(20(27)28)4-8(22(31)32)14(38-2)12(10)24(35)36/h3-4H,1-2H3. The summed E-state index contributed by atoms with van der Waals surface area (Å²) in [5.41, 5.74) is -9.19. The van der Waals surface area contributed by atoms with Crippen molar-refractivity contribution in [2.45, 2.75) is 0 Å². The van der Waals surface area contributed by atoms with Crippen molar-refractivity contribution >= 4 is 45.5 Å². The van der Waals surface area contributed by atoms with Crippen LogP contribution in [-0.4, -0.2) is 54.0 Å². The molecule has 2 aromatic carbocycles. The first-order valence-electron chi connectivity index (χ1n) is 9.47. The minimum absolute atomic E-state index is 0.141. The van der Waals surface area contributed by atoms with Gasteiger partial charge in [-0.2, -0.15) is 0 Å². The summed E-state index contributed by atoms with van der Waals surface area (Å²) in [5.74, 6) is -2.01. The first-order chi connectivity index (χ1) is 18.3. The summed E-state index contributed by atoms with van der Waals surface area (Å²) in [6, 6.07) is 0.699. The van der Waals surface area contributed by atoms with Gasteiger partial charge in [0.2, 0.25) is 0 Å². The van der Waals surface area contributed by atoms with Gasteiger partial charge in [-0.15, -0.1) is 10.2 Å². The highest BCUT2D eigenvalue weighted by atomic mass is 32.1. The first-order valence-corrected chi connectivity index (χ1v) is 10.3. The number of methoxy groups -OCH3 is 2. The van der Waals surface area contributed by atoms with E-state index in [9.17, 15) is 60.7 Å². The summed E-state index contributed by atoms with van der Waals surface area (Å²) in [6.07, 6.45) is 0. The highest BCUT2D eigenvalue weighted by Crippen LogP contribution is 2.53. The molecule has 0 spiro atoms. The third kappa shape index (κ3) is 4.61. The maximum atomic E-state index is 11.9. The van der Waals surface area contributed by atoms with Crippen LogP contribution in [0.5, 0.6) is 11.5 Å². The number of rotatable bonds is 10. The fourth-order valence-electron chi connectivity index (χ4n) is 3.40. The molecule has 0 saturated carbocycles. The van der Waals surface area contributed by atoms with Crippen LogP contribution in [-0.2, 0) is 0 Å². The number of ether oxygens (including phenoxy) is 2. The second-order valence-electron chi connectivity index (χ2n) is 6.80. The zero-order chi connectivity index (χ0) is 29.3. The Labute approximate surface area is 214 Å². The van der Waals surface area contributed by atoms with Gasteiger partial charge in [0, 0.05) is 0 Å². The molecule has 0 amide bonds. The zero-order valence-electron chi connectivity index (χ0n) is 18.9. The molecular formula is C16H8N8O14S. The molecule has 23 heteroatoms. The predicted octanol–water partition coefficient (Wildman–Crippen LogP) is 3.34. The van der Waals surface area contributed by atoms with Crippen molar-refractivity contribution in [1.82, 2.24) is 10.2 Å². The monoisotopic (exact) mass is 568 g/mol. The van der Waals surface area contributed by atoms with E-state index in [0.717, 1.165) is 14.2 Å². The van der Waals surface area contributed by atoms with Gasteiger partial charge in [0.05, 0.1) is 55.9 Å². The van der Waals surface area contributed by atoms with E-state index >= 15 is 0 Å². The predicted molar refractivity (Wildman–Crippen MR) is 124 cm³/mol. The average Bonchev–Trinajstić information content (AvgIpc) is 3.34. The summed E-state index contributed by atoms with van der Waals surface area (Å²) in [6.45, 7) is 0. The van der Waals surface area contributed by atoms with Crippen LogP contribution in [0.2, 0.25) is 0 Å². The average molecular weight is 568 g/mol. The Bertz CT molecular complexity index is 1500. The summed E-state index contributed by atoms with van der Waals surface area (Å²) in [4.78, 5) is 62.6. The van der Waals surface area contributed by atoms with Gasteiger partial charge in [-0.3, -0.25) is 60.7 Å². The van der Waals surface area contributed by atoms with Crippen LogP contribution >= 0.6 is 11.3 Å². The van der Waals surface area contributed by atoms with Gasteiger partial charge in [0.1, 0.15) is 0 Å². The summed E-state index contributed by atoms with van der Waals surface area (Å²) in [5, 5.41) is 75.5. The first kappa shape index (κ1) is 27.6. The van der Waals surface area contributed by atoms with E-state index in [1.807, 2.05) is 0 Å². The summed E-state index contributed by atoms with van der Waals surface area (Å²) < 4.78 is 9.49. The van der Waals surface area contributed by atoms with Crippen molar-refractivity contribution in [2.75, 3.05) is 14.2 Å². The third-order valence-corrected chi connectivity index (χ3v) is 5.80. The Morgan fingerprint density at radius 2 is 0.872 bits per heavy atom. The molecule has 0 N–H and O–H groups in total. The van der Waals surface area contributed by atoms with Crippen LogP contribution in [0.25, 0.3) is 21.1 Å². The maximum absolute atomic E-state index is 11.9. The molecule has 0 fully saturated rings. The zero-order valence-corrected chi connectivity index (χ0v) is 19.7. The van der Waals surface area contributed by atoms with Gasteiger partial charge in [-0.05, 0) is 0 Å². The van der Waals surface area contributed by atoms with Crippen LogP contribution in [0.4, 0.5) is 34.1 Å². The lowest BCUT2D eigenvalue weighted by molar-refractivity contribution is -0.403. The largest absolute Gasteiger partial charge is 0.485 e. The number of nitro groups is 6. The lowest BCUT2D eigenvalue weighted by Crippen LogP contribution is -2.04. The molecule has 3 rings (SSSR count). The quantitative estimate of drug-likeness (QED) is 0.250. The molecule has 1 heterocycles. The molecular weight excluding hydrogens is 560 g/mol. The molecule has 0 aliphatic carbocycles. The minimum atomic E-state index is -1.29. The Hall–Kier alpha value is -6.00. The summed E-state index contributed by atoms with van der Waals surface area (Å²) in [7, 11) is 1.62. The number of benzene rings is 2. The SMILES string of the molecule is COc1c([N+](=O)[O-])cc([N+](=O)[O-])c(-c2nnc(-c3c([N+](=O)[O-])cc([N+](=O)[O-])c(OC)c3[N+](=O)[O-])s2)c1[N+](=O)[O-]. The molecule has 39 heavy (non-hydrogen) atoms. The molecule has 0 saturated heterocycles. The molecule has 22 nitrogen and oxygen atoms in total. The Morgan fingerprint density at radius 3 is 1.10 bits per heavy atom. The highest BCUT2D eigenvalue weighted by molar-refractivity contribution is 7.18. The molecule has 0 bridgehead atoms. The van der Waals surface area contributed by atoms with Gasteiger partial charge >= 0.3 is 22.7 Å². The molecule has 1 aromatic heterocycles. The number of nitro benzene ring substituents is 6. The molecule has 0 aliphatic heterocycles. The lowest BCUT2D eigenvalue weighted by atomic mass is 10.1. The Morgan fingerprint density at radius 1 is 0.564 bits per heavy atom. The van der Waals surface area contributed by atoms with Crippen molar-refractivity contribution < 1.29 is 39.0 Å². The normalized spacial score (nSPS) is 10.5. The van der Waals surface area contributed by atoms with Crippen molar-refractivity contribution in [3.05, 3.63) is 72.8 Å². The Balaban J connectivity index is 2.49. The van der Waals surface area contributed by atoms with E-state index in [0.29, 0.717) is 12.1 Å². The number of nitrogens with zero attached hydrogens (tertiary/aromatic N) is 8. The topological polar surface area (TPSA) is 303 Å². The van der Waals surface area contributed by atoms with E-state index < -0.39 is 96.3 Å². The number of hydrogen-bond donors (Lipinski definition) is 0. The summed E-state index contributed by atoms with van der Waals surface area (Å²) >= 11 is 0.141. The van der Waals surface area contributed by atoms with Crippen LogP contribution in [0.15, 0.2) is 12.1 Å². The van der Waals surface area contributed by atoms with Crippen molar-refractivity contribution in [1.29, 1.82) is 0 Å². The van der Waals surface area contributed by atoms with Crippen molar-refractivity contribution in [3.8, 4) is 32.6 Å². The van der Waals surface area contributed by atoms with Crippen molar-refractivity contribution in [3.63, 3.8) is 0 Å². The molecule has 202 valence electrons. The van der Waals surface area contributed by atoms with Gasteiger partial charge in [-0.25, -0.2) is 0 Å². The van der Waals surface area contributed by atoms with Gasteiger partial charge < -0.3 is 9.47 Å². The second kappa shape index (κ2) is 10.2. The van der Waals surface area contributed by atoms with Crippen LogP contribution in [0, 0.1) is 60.7 Å². The van der Waals surface area contributed by atoms with Crippen LogP contribution in [0.3, 0.4) is 0 Å². The third-order valence-electron chi connectivity index (χ3n) is 4.84. The fourth-order valence-corrected chi connectivity index (χ4v) is 4.36. The molecule has 0 unspecified atom stereocenters. The van der Waals surface area contributed by atoms with E-state index in [-0.39, 0.29) is 11.3 Å². The maximum Gasteiger partial charge on any atom is 0.335 e. The Kier molecular flexibility index (Phi) is 7.19. The molecule has 0 atom stereocenters. The lowest BCUT2D eigenvalue weighted by Gasteiger charge is -2.07. The molecule has 3 aromatic rings. The molecule has 0 aliphatic rings. The van der Waals surface area contributed by atoms with Gasteiger partial charge in [-0.1, -0.05) is 11.3 Å². The van der Waals surface area contributed by atoms with Gasteiger partial charge in [0.25, 0.3) is 22.9 Å². The van der Waals surface area contributed by atoms with Crippen LogP contribution in [0.1, 0.15) is 0 Å². The minimum Gasteiger partial charge on any atom is -0.485 e. The number of aromatic nitrogens is 2.